The van der Waals surface area contributed by atoms with Gasteiger partial charge in [-0.15, -0.1) is 0 Å². The Balaban J connectivity index is 2.84. The normalized spacial score (nSPS) is 11.8. The van der Waals surface area contributed by atoms with Crippen molar-refractivity contribution in [3.63, 3.8) is 0 Å². The summed E-state index contributed by atoms with van der Waals surface area (Å²) in [6.45, 7) is 5.56. The lowest BCUT2D eigenvalue weighted by Gasteiger charge is -2.24. The molecule has 0 aliphatic heterocycles. The van der Waals surface area contributed by atoms with Crippen molar-refractivity contribution < 1.29 is 14.7 Å². The number of benzene rings is 1. The molecule has 0 bridgehead atoms. The molecule has 2 N–H and O–H groups in total. The summed E-state index contributed by atoms with van der Waals surface area (Å²) in [5.74, 6) is -0.999. The first-order chi connectivity index (χ1) is 8.86. The number of hydrogen-bond acceptors (Lipinski definition) is 2. The van der Waals surface area contributed by atoms with Crippen LogP contribution in [0.25, 0.3) is 0 Å². The van der Waals surface area contributed by atoms with Gasteiger partial charge in [-0.3, -0.25) is 0 Å². The molecule has 19 heavy (non-hydrogen) atoms. The van der Waals surface area contributed by atoms with Crippen LogP contribution in [0.4, 0.5) is 10.5 Å². The zero-order valence-corrected chi connectivity index (χ0v) is 11.7. The van der Waals surface area contributed by atoms with Crippen LogP contribution in [0, 0.1) is 13.8 Å². The molecule has 5 heteroatoms. The predicted octanol–water partition coefficient (Wildman–Crippen LogP) is 2.63. The summed E-state index contributed by atoms with van der Waals surface area (Å²) in [6, 6.07) is 4.51. The van der Waals surface area contributed by atoms with Gasteiger partial charge in [0.25, 0.3) is 0 Å². The fourth-order valence-electron chi connectivity index (χ4n) is 1.83. The van der Waals surface area contributed by atoms with E-state index in [1.54, 1.807) is 6.92 Å². The van der Waals surface area contributed by atoms with E-state index in [0.717, 1.165) is 11.1 Å². The van der Waals surface area contributed by atoms with Crippen molar-refractivity contribution in [2.24, 2.45) is 0 Å². The van der Waals surface area contributed by atoms with Gasteiger partial charge in [0, 0.05) is 12.7 Å². The van der Waals surface area contributed by atoms with Gasteiger partial charge in [0.15, 0.2) is 0 Å². The minimum Gasteiger partial charge on any atom is -0.480 e. The Kier molecular flexibility index (Phi) is 4.92. The largest absolute Gasteiger partial charge is 0.480 e. The average molecular weight is 264 g/mol. The van der Waals surface area contributed by atoms with Crippen molar-refractivity contribution in [3.8, 4) is 0 Å². The second-order valence-corrected chi connectivity index (χ2v) is 4.62. The SMILES string of the molecule is CCC(C(=O)O)N(C)C(=O)Nc1cc(C)ccc1C. The highest BCUT2D eigenvalue weighted by atomic mass is 16.4. The molecule has 0 saturated heterocycles. The van der Waals surface area contributed by atoms with Gasteiger partial charge in [-0.2, -0.15) is 0 Å². The summed E-state index contributed by atoms with van der Waals surface area (Å²) in [5, 5.41) is 11.8. The van der Waals surface area contributed by atoms with Crippen molar-refractivity contribution in [1.29, 1.82) is 0 Å². The van der Waals surface area contributed by atoms with Crippen LogP contribution in [-0.4, -0.2) is 35.1 Å². The molecule has 1 aromatic rings. The highest BCUT2D eigenvalue weighted by Gasteiger charge is 2.24. The van der Waals surface area contributed by atoms with Crippen LogP contribution >= 0.6 is 0 Å². The third-order valence-corrected chi connectivity index (χ3v) is 3.09. The van der Waals surface area contributed by atoms with E-state index in [-0.39, 0.29) is 0 Å². The molecule has 5 nitrogen and oxygen atoms in total. The number of nitrogens with one attached hydrogen (secondary N) is 1. The van der Waals surface area contributed by atoms with Gasteiger partial charge in [0.1, 0.15) is 6.04 Å². The third-order valence-electron chi connectivity index (χ3n) is 3.09. The van der Waals surface area contributed by atoms with Gasteiger partial charge in [-0.05, 0) is 37.5 Å². The Morgan fingerprint density at radius 2 is 2.00 bits per heavy atom. The molecule has 2 amide bonds. The zero-order valence-electron chi connectivity index (χ0n) is 11.7. The smallest absolute Gasteiger partial charge is 0.326 e. The number of rotatable bonds is 4. The molecular weight excluding hydrogens is 244 g/mol. The van der Waals surface area contributed by atoms with E-state index < -0.39 is 18.0 Å². The number of carbonyl (C=O) groups excluding carboxylic acids is 1. The maximum absolute atomic E-state index is 12.0. The van der Waals surface area contributed by atoms with Crippen LogP contribution < -0.4 is 5.32 Å². The molecule has 104 valence electrons. The number of likely N-dealkylation sites (N-methyl/N-ethyl adjacent to an activating group) is 1. The Morgan fingerprint density at radius 3 is 2.53 bits per heavy atom. The fraction of sp³-hybridized carbons (Fsp3) is 0.429. The lowest BCUT2D eigenvalue weighted by atomic mass is 10.1. The first-order valence-corrected chi connectivity index (χ1v) is 6.20. The highest BCUT2D eigenvalue weighted by molar-refractivity contribution is 5.92. The summed E-state index contributed by atoms with van der Waals surface area (Å²) in [5.41, 5.74) is 2.68. The van der Waals surface area contributed by atoms with Crippen molar-refractivity contribution >= 4 is 17.7 Å². The molecule has 0 aromatic heterocycles. The fourth-order valence-corrected chi connectivity index (χ4v) is 1.83. The number of amides is 2. The average Bonchev–Trinajstić information content (AvgIpc) is 2.34. The first kappa shape index (κ1) is 15.0. The summed E-state index contributed by atoms with van der Waals surface area (Å²) < 4.78 is 0. The van der Waals surface area contributed by atoms with Crippen LogP contribution in [-0.2, 0) is 4.79 Å². The molecule has 0 radical (unpaired) electrons. The van der Waals surface area contributed by atoms with Gasteiger partial charge >= 0.3 is 12.0 Å². The van der Waals surface area contributed by atoms with Crippen LogP contribution in [0.2, 0.25) is 0 Å². The minimum atomic E-state index is -0.999. The lowest BCUT2D eigenvalue weighted by molar-refractivity contribution is -0.141. The molecule has 0 aliphatic carbocycles. The molecule has 1 rings (SSSR count). The Bertz CT molecular complexity index is 486. The minimum absolute atomic E-state index is 0.367. The molecule has 0 aliphatic rings. The molecule has 1 atom stereocenters. The lowest BCUT2D eigenvalue weighted by Crippen LogP contribution is -2.44. The van der Waals surface area contributed by atoms with Crippen molar-refractivity contribution in [2.45, 2.75) is 33.2 Å². The molecule has 1 aromatic carbocycles. The number of urea groups is 1. The van der Waals surface area contributed by atoms with E-state index in [0.29, 0.717) is 12.1 Å². The van der Waals surface area contributed by atoms with Crippen molar-refractivity contribution in [2.75, 3.05) is 12.4 Å². The highest BCUT2D eigenvalue weighted by Crippen LogP contribution is 2.17. The first-order valence-electron chi connectivity index (χ1n) is 6.20. The summed E-state index contributed by atoms with van der Waals surface area (Å²) in [7, 11) is 1.49. The van der Waals surface area contributed by atoms with Crippen LogP contribution in [0.15, 0.2) is 18.2 Å². The zero-order chi connectivity index (χ0) is 14.6. The summed E-state index contributed by atoms with van der Waals surface area (Å²) in [6.07, 6.45) is 0.367. The van der Waals surface area contributed by atoms with Crippen molar-refractivity contribution in [3.05, 3.63) is 29.3 Å². The van der Waals surface area contributed by atoms with E-state index >= 15 is 0 Å². The second kappa shape index (κ2) is 6.22. The van der Waals surface area contributed by atoms with Crippen LogP contribution in [0.5, 0.6) is 0 Å². The molecule has 0 spiro atoms. The predicted molar refractivity (Wildman–Crippen MR) is 74.4 cm³/mol. The van der Waals surface area contributed by atoms with E-state index in [2.05, 4.69) is 5.32 Å². The van der Waals surface area contributed by atoms with Gasteiger partial charge < -0.3 is 15.3 Å². The van der Waals surface area contributed by atoms with Gasteiger partial charge in [0.05, 0.1) is 0 Å². The van der Waals surface area contributed by atoms with Crippen LogP contribution in [0.3, 0.4) is 0 Å². The number of aryl methyl sites for hydroxylation is 2. The van der Waals surface area contributed by atoms with Gasteiger partial charge in [0.2, 0.25) is 0 Å². The number of nitrogens with zero attached hydrogens (tertiary/aromatic N) is 1. The quantitative estimate of drug-likeness (QED) is 0.878. The van der Waals surface area contributed by atoms with Crippen LogP contribution in [0.1, 0.15) is 24.5 Å². The summed E-state index contributed by atoms with van der Waals surface area (Å²) in [4.78, 5) is 24.3. The Labute approximate surface area is 113 Å². The van der Waals surface area contributed by atoms with E-state index in [9.17, 15) is 9.59 Å². The Morgan fingerprint density at radius 1 is 1.37 bits per heavy atom. The number of carboxylic acid groups (broad SMARTS) is 1. The van der Waals surface area contributed by atoms with Gasteiger partial charge in [-0.25, -0.2) is 9.59 Å². The van der Waals surface area contributed by atoms with E-state index in [1.165, 1.54) is 11.9 Å². The maximum Gasteiger partial charge on any atom is 0.326 e. The number of anilines is 1. The molecular formula is C14H20N2O3. The number of hydrogen-bond donors (Lipinski definition) is 2. The van der Waals surface area contributed by atoms with Gasteiger partial charge in [-0.1, -0.05) is 19.1 Å². The molecule has 0 saturated carbocycles. The van der Waals surface area contributed by atoms with E-state index in [4.69, 9.17) is 5.11 Å². The monoisotopic (exact) mass is 264 g/mol. The maximum atomic E-state index is 12.0. The topological polar surface area (TPSA) is 69.6 Å². The van der Waals surface area contributed by atoms with Crippen molar-refractivity contribution in [1.82, 2.24) is 4.90 Å². The number of carboxylic acids is 1. The molecule has 0 fully saturated rings. The standard InChI is InChI=1S/C14H20N2O3/c1-5-12(13(17)18)16(4)14(19)15-11-8-9(2)6-7-10(11)3/h6-8,12H,5H2,1-4H3,(H,15,19)(H,17,18). The summed E-state index contributed by atoms with van der Waals surface area (Å²) >= 11 is 0. The number of aliphatic carboxylic acids is 1. The van der Waals surface area contributed by atoms with E-state index in [1.807, 2.05) is 32.0 Å². The number of carbonyl (C=O) groups is 2. The Hall–Kier alpha value is -2.04. The third kappa shape index (κ3) is 3.71. The molecule has 0 heterocycles. The second-order valence-electron chi connectivity index (χ2n) is 4.62. The molecule has 1 unspecified atom stereocenters.